The molecule has 3 rings (SSSR count). The number of hydrogen-bond donors (Lipinski definition) is 2. The van der Waals surface area contributed by atoms with E-state index in [2.05, 4.69) is 4.98 Å². The van der Waals surface area contributed by atoms with E-state index >= 15 is 0 Å². The van der Waals surface area contributed by atoms with E-state index in [0.29, 0.717) is 24.2 Å². The van der Waals surface area contributed by atoms with Gasteiger partial charge >= 0.3 is 0 Å². The normalized spacial score (nSPS) is 16.9. The molecule has 1 fully saturated rings. The van der Waals surface area contributed by atoms with Gasteiger partial charge in [0.15, 0.2) is 0 Å². The van der Waals surface area contributed by atoms with E-state index in [9.17, 15) is 14.4 Å². The highest BCUT2D eigenvalue weighted by Gasteiger charge is 2.27. The first kappa shape index (κ1) is 17.6. The Kier molecular flexibility index (Phi) is 4.97. The third kappa shape index (κ3) is 3.72. The van der Waals surface area contributed by atoms with Crippen molar-refractivity contribution in [1.29, 1.82) is 0 Å². The van der Waals surface area contributed by atoms with Gasteiger partial charge in [-0.3, -0.25) is 19.4 Å². The molecule has 0 spiro atoms. The maximum Gasteiger partial charge on any atom is 0.253 e. The van der Waals surface area contributed by atoms with Gasteiger partial charge in [0.25, 0.3) is 5.91 Å². The van der Waals surface area contributed by atoms with Crippen LogP contribution in [0, 0.1) is 5.92 Å². The number of rotatable bonds is 4. The summed E-state index contributed by atoms with van der Waals surface area (Å²) in [6.07, 6.45) is 4.53. The van der Waals surface area contributed by atoms with Crippen molar-refractivity contribution in [3.63, 3.8) is 0 Å². The number of pyridine rings is 1. The fourth-order valence-electron chi connectivity index (χ4n) is 3.11. The number of primary amides is 2. The summed E-state index contributed by atoms with van der Waals surface area (Å²) in [5, 5.41) is 0. The van der Waals surface area contributed by atoms with Crippen molar-refractivity contribution in [2.24, 2.45) is 17.4 Å². The Hall–Kier alpha value is -3.22. The Balaban J connectivity index is 1.77. The number of benzene rings is 1. The van der Waals surface area contributed by atoms with Crippen LogP contribution in [0.2, 0.25) is 0 Å². The van der Waals surface area contributed by atoms with Crippen molar-refractivity contribution in [2.75, 3.05) is 13.1 Å². The van der Waals surface area contributed by atoms with E-state index in [1.165, 1.54) is 6.20 Å². The molecule has 0 radical (unpaired) electrons. The number of aromatic nitrogens is 1. The molecular weight excluding hydrogens is 332 g/mol. The smallest absolute Gasteiger partial charge is 0.253 e. The minimum Gasteiger partial charge on any atom is -0.369 e. The molecule has 3 amide bonds. The summed E-state index contributed by atoms with van der Waals surface area (Å²) in [5.41, 5.74) is 13.1. The summed E-state index contributed by atoms with van der Waals surface area (Å²) in [6, 6.07) is 8.70. The number of piperidine rings is 1. The summed E-state index contributed by atoms with van der Waals surface area (Å²) in [4.78, 5) is 41.0. The van der Waals surface area contributed by atoms with Gasteiger partial charge in [-0.25, -0.2) is 0 Å². The van der Waals surface area contributed by atoms with Gasteiger partial charge < -0.3 is 16.4 Å². The third-order valence-electron chi connectivity index (χ3n) is 4.60. The van der Waals surface area contributed by atoms with Crippen LogP contribution in [0.15, 0.2) is 42.7 Å². The zero-order chi connectivity index (χ0) is 18.7. The van der Waals surface area contributed by atoms with Crippen LogP contribution >= 0.6 is 0 Å². The van der Waals surface area contributed by atoms with Gasteiger partial charge in [-0.05, 0) is 36.6 Å². The SMILES string of the molecule is NC(=O)c1cncc(-c2ccc(C(=O)N3CCCC(C(N)=O)C3)cc2)c1. The minimum atomic E-state index is -0.541. The number of nitrogens with zero attached hydrogens (tertiary/aromatic N) is 2. The lowest BCUT2D eigenvalue weighted by atomic mass is 9.96. The van der Waals surface area contributed by atoms with Crippen LogP contribution in [0.5, 0.6) is 0 Å². The number of likely N-dealkylation sites (tertiary alicyclic amines) is 1. The van der Waals surface area contributed by atoms with Crippen molar-refractivity contribution in [3.8, 4) is 11.1 Å². The van der Waals surface area contributed by atoms with Gasteiger partial charge in [0.1, 0.15) is 0 Å². The molecular formula is C19H20N4O3. The first-order chi connectivity index (χ1) is 12.5. The molecule has 1 atom stereocenters. The largest absolute Gasteiger partial charge is 0.369 e. The number of hydrogen-bond acceptors (Lipinski definition) is 4. The molecule has 1 aliphatic heterocycles. The van der Waals surface area contributed by atoms with E-state index in [4.69, 9.17) is 11.5 Å². The van der Waals surface area contributed by atoms with E-state index in [0.717, 1.165) is 24.0 Å². The molecule has 0 saturated carbocycles. The Morgan fingerprint density at radius 2 is 1.73 bits per heavy atom. The number of nitrogens with two attached hydrogens (primary N) is 2. The van der Waals surface area contributed by atoms with Crippen LogP contribution in [0.3, 0.4) is 0 Å². The van der Waals surface area contributed by atoms with Gasteiger partial charge in [-0.1, -0.05) is 12.1 Å². The van der Waals surface area contributed by atoms with E-state index in [-0.39, 0.29) is 17.7 Å². The predicted octanol–water partition coefficient (Wildman–Crippen LogP) is 1.18. The molecule has 7 heteroatoms. The number of carbonyl (C=O) groups is 3. The topological polar surface area (TPSA) is 119 Å². The van der Waals surface area contributed by atoms with Gasteiger partial charge in [-0.15, -0.1) is 0 Å². The second-order valence-electron chi connectivity index (χ2n) is 6.40. The zero-order valence-electron chi connectivity index (χ0n) is 14.2. The maximum atomic E-state index is 12.7. The maximum absolute atomic E-state index is 12.7. The molecule has 4 N–H and O–H groups in total. The first-order valence-corrected chi connectivity index (χ1v) is 8.39. The highest BCUT2D eigenvalue weighted by Crippen LogP contribution is 2.22. The monoisotopic (exact) mass is 352 g/mol. The van der Waals surface area contributed by atoms with E-state index in [1.807, 2.05) is 0 Å². The van der Waals surface area contributed by atoms with Crippen molar-refractivity contribution in [2.45, 2.75) is 12.8 Å². The second kappa shape index (κ2) is 7.35. The molecule has 1 saturated heterocycles. The summed E-state index contributed by atoms with van der Waals surface area (Å²) in [6.45, 7) is 0.982. The molecule has 134 valence electrons. The van der Waals surface area contributed by atoms with Crippen molar-refractivity contribution in [3.05, 3.63) is 53.9 Å². The molecule has 1 aliphatic rings. The van der Waals surface area contributed by atoms with Crippen molar-refractivity contribution < 1.29 is 14.4 Å². The Bertz CT molecular complexity index is 848. The lowest BCUT2D eigenvalue weighted by Crippen LogP contribution is -2.44. The number of carbonyl (C=O) groups excluding carboxylic acids is 3. The molecule has 2 aromatic rings. The average molecular weight is 352 g/mol. The lowest BCUT2D eigenvalue weighted by molar-refractivity contribution is -0.123. The molecule has 0 aliphatic carbocycles. The van der Waals surface area contributed by atoms with Gasteiger partial charge in [0.2, 0.25) is 11.8 Å². The standard InChI is InChI=1S/C19H20N4O3/c20-17(24)14-2-1-7-23(11-14)19(26)13-5-3-12(4-6-13)15-8-16(18(21)25)10-22-9-15/h3-6,8-10,14H,1-2,7,11H2,(H2,20,24)(H2,21,25). The fraction of sp³-hybridized carbons (Fsp3) is 0.263. The zero-order valence-corrected chi connectivity index (χ0v) is 14.2. The van der Waals surface area contributed by atoms with Crippen LogP contribution in [0.4, 0.5) is 0 Å². The Morgan fingerprint density at radius 3 is 2.38 bits per heavy atom. The molecule has 2 heterocycles. The Morgan fingerprint density at radius 1 is 1.00 bits per heavy atom. The lowest BCUT2D eigenvalue weighted by Gasteiger charge is -2.31. The van der Waals surface area contributed by atoms with Crippen LogP contribution < -0.4 is 11.5 Å². The van der Waals surface area contributed by atoms with Crippen LogP contribution in [0.25, 0.3) is 11.1 Å². The highest BCUT2D eigenvalue weighted by molar-refractivity contribution is 5.96. The van der Waals surface area contributed by atoms with E-state index < -0.39 is 5.91 Å². The molecule has 1 aromatic carbocycles. The fourth-order valence-corrected chi connectivity index (χ4v) is 3.11. The summed E-state index contributed by atoms with van der Waals surface area (Å²) in [5.74, 6) is -1.30. The van der Waals surface area contributed by atoms with Crippen LogP contribution in [-0.2, 0) is 4.79 Å². The van der Waals surface area contributed by atoms with Gasteiger partial charge in [0, 0.05) is 36.6 Å². The van der Waals surface area contributed by atoms with Gasteiger partial charge in [0.05, 0.1) is 11.5 Å². The molecule has 7 nitrogen and oxygen atoms in total. The average Bonchev–Trinajstić information content (AvgIpc) is 2.67. The molecule has 1 aromatic heterocycles. The molecule has 26 heavy (non-hydrogen) atoms. The summed E-state index contributed by atoms with van der Waals surface area (Å²) in [7, 11) is 0. The second-order valence-corrected chi connectivity index (χ2v) is 6.40. The van der Waals surface area contributed by atoms with Gasteiger partial charge in [-0.2, -0.15) is 0 Å². The molecule has 1 unspecified atom stereocenters. The van der Waals surface area contributed by atoms with E-state index in [1.54, 1.807) is 41.4 Å². The van der Waals surface area contributed by atoms with Crippen LogP contribution in [0.1, 0.15) is 33.6 Å². The first-order valence-electron chi connectivity index (χ1n) is 8.39. The number of amides is 3. The summed E-state index contributed by atoms with van der Waals surface area (Å²) >= 11 is 0. The predicted molar refractivity (Wildman–Crippen MR) is 96.0 cm³/mol. The molecule has 0 bridgehead atoms. The quantitative estimate of drug-likeness (QED) is 0.858. The van der Waals surface area contributed by atoms with Crippen molar-refractivity contribution >= 4 is 17.7 Å². The van der Waals surface area contributed by atoms with Crippen LogP contribution in [-0.4, -0.2) is 40.7 Å². The highest BCUT2D eigenvalue weighted by atomic mass is 16.2. The summed E-state index contributed by atoms with van der Waals surface area (Å²) < 4.78 is 0. The van der Waals surface area contributed by atoms with Crippen molar-refractivity contribution in [1.82, 2.24) is 9.88 Å². The Labute approximate surface area is 151 Å². The minimum absolute atomic E-state index is 0.119. The third-order valence-corrected chi connectivity index (χ3v) is 4.60.